The average Bonchev–Trinajstić information content (AvgIpc) is 2.26. The molecule has 2 heteroatoms. The monoisotopic (exact) mass is 191 g/mol. The highest BCUT2D eigenvalue weighted by Gasteiger charge is 2.25. The van der Waals surface area contributed by atoms with Gasteiger partial charge in [-0.15, -0.1) is 0 Å². The summed E-state index contributed by atoms with van der Waals surface area (Å²) in [5, 5.41) is 12.9. The van der Waals surface area contributed by atoms with Gasteiger partial charge in [0.05, 0.1) is 0 Å². The first-order chi connectivity index (χ1) is 6.59. The molecule has 2 rings (SSSR count). The Morgan fingerprint density at radius 3 is 2.93 bits per heavy atom. The second-order valence-electron chi connectivity index (χ2n) is 4.64. The number of nitrogens with one attached hydrogen (secondary N) is 1. The molecule has 0 atom stereocenters. The standard InChI is InChI=1S/C12H17NO/c1-12(2)6-3-7-13-11-5-4-9(14)8-10(11)12/h4-5,8,13-14H,3,6-7H2,1-2H3. The molecule has 1 aliphatic rings. The quantitative estimate of drug-likeness (QED) is 0.618. The van der Waals surface area contributed by atoms with E-state index in [0.29, 0.717) is 5.75 Å². The van der Waals surface area contributed by atoms with Crippen molar-refractivity contribution >= 4 is 5.69 Å². The third-order valence-electron chi connectivity index (χ3n) is 3.03. The lowest BCUT2D eigenvalue weighted by Crippen LogP contribution is -2.16. The van der Waals surface area contributed by atoms with E-state index in [4.69, 9.17) is 0 Å². The van der Waals surface area contributed by atoms with Crippen LogP contribution in [0.3, 0.4) is 0 Å². The van der Waals surface area contributed by atoms with Crippen LogP contribution in [0.1, 0.15) is 32.3 Å². The third kappa shape index (κ3) is 1.57. The number of rotatable bonds is 0. The van der Waals surface area contributed by atoms with Crippen molar-refractivity contribution in [2.75, 3.05) is 11.9 Å². The molecule has 0 amide bonds. The first-order valence-corrected chi connectivity index (χ1v) is 5.17. The Morgan fingerprint density at radius 1 is 1.36 bits per heavy atom. The minimum Gasteiger partial charge on any atom is -0.508 e. The van der Waals surface area contributed by atoms with Gasteiger partial charge in [-0.25, -0.2) is 0 Å². The number of fused-ring (bicyclic) bond motifs is 1. The fourth-order valence-electron chi connectivity index (χ4n) is 2.13. The summed E-state index contributed by atoms with van der Waals surface area (Å²) in [4.78, 5) is 0. The van der Waals surface area contributed by atoms with Crippen LogP contribution in [0.5, 0.6) is 5.75 Å². The summed E-state index contributed by atoms with van der Waals surface area (Å²) >= 11 is 0. The molecule has 1 aromatic rings. The average molecular weight is 191 g/mol. The Labute approximate surface area is 85.0 Å². The fraction of sp³-hybridized carbons (Fsp3) is 0.500. The van der Waals surface area contributed by atoms with E-state index < -0.39 is 0 Å². The van der Waals surface area contributed by atoms with Gasteiger partial charge < -0.3 is 10.4 Å². The number of hydrogen-bond donors (Lipinski definition) is 2. The van der Waals surface area contributed by atoms with E-state index in [1.165, 1.54) is 17.7 Å². The second kappa shape index (κ2) is 3.19. The second-order valence-corrected chi connectivity index (χ2v) is 4.64. The Balaban J connectivity index is 2.52. The van der Waals surface area contributed by atoms with E-state index in [1.54, 1.807) is 6.07 Å². The van der Waals surface area contributed by atoms with Gasteiger partial charge in [0.2, 0.25) is 0 Å². The van der Waals surface area contributed by atoms with Crippen molar-refractivity contribution in [3.05, 3.63) is 23.8 Å². The highest BCUT2D eigenvalue weighted by Crippen LogP contribution is 2.37. The Morgan fingerprint density at radius 2 is 2.14 bits per heavy atom. The summed E-state index contributed by atoms with van der Waals surface area (Å²) in [6, 6.07) is 5.60. The molecule has 0 aromatic heterocycles. The summed E-state index contributed by atoms with van der Waals surface area (Å²) < 4.78 is 0. The zero-order valence-electron chi connectivity index (χ0n) is 8.80. The van der Waals surface area contributed by atoms with Gasteiger partial charge in [-0.3, -0.25) is 0 Å². The van der Waals surface area contributed by atoms with Crippen molar-refractivity contribution in [3.63, 3.8) is 0 Å². The van der Waals surface area contributed by atoms with Crippen LogP contribution in [-0.4, -0.2) is 11.7 Å². The molecule has 2 nitrogen and oxygen atoms in total. The van der Waals surface area contributed by atoms with E-state index >= 15 is 0 Å². The normalized spacial score (nSPS) is 19.3. The van der Waals surface area contributed by atoms with Crippen LogP contribution < -0.4 is 5.32 Å². The number of aromatic hydroxyl groups is 1. The largest absolute Gasteiger partial charge is 0.508 e. The smallest absolute Gasteiger partial charge is 0.116 e. The molecule has 0 saturated carbocycles. The van der Waals surface area contributed by atoms with Crippen molar-refractivity contribution in [2.24, 2.45) is 0 Å². The number of hydrogen-bond acceptors (Lipinski definition) is 2. The molecule has 1 aromatic carbocycles. The minimum atomic E-state index is 0.164. The van der Waals surface area contributed by atoms with Gasteiger partial charge in [0.25, 0.3) is 0 Å². The van der Waals surface area contributed by atoms with E-state index in [0.717, 1.165) is 13.0 Å². The van der Waals surface area contributed by atoms with Crippen molar-refractivity contribution in [1.82, 2.24) is 0 Å². The van der Waals surface area contributed by atoms with E-state index in [2.05, 4.69) is 19.2 Å². The summed E-state index contributed by atoms with van der Waals surface area (Å²) in [6.45, 7) is 5.50. The van der Waals surface area contributed by atoms with Crippen molar-refractivity contribution < 1.29 is 5.11 Å². The lowest BCUT2D eigenvalue weighted by atomic mass is 9.80. The predicted molar refractivity (Wildman–Crippen MR) is 58.9 cm³/mol. The molecular formula is C12H17NO. The first-order valence-electron chi connectivity index (χ1n) is 5.17. The number of anilines is 1. The van der Waals surface area contributed by atoms with Gasteiger partial charge in [-0.05, 0) is 42.0 Å². The van der Waals surface area contributed by atoms with Crippen LogP contribution in [0.4, 0.5) is 5.69 Å². The molecule has 0 spiro atoms. The van der Waals surface area contributed by atoms with Crippen LogP contribution in [0.25, 0.3) is 0 Å². The molecule has 0 fully saturated rings. The predicted octanol–water partition coefficient (Wildman–Crippen LogP) is 2.88. The minimum absolute atomic E-state index is 0.164. The van der Waals surface area contributed by atoms with Crippen LogP contribution in [0.2, 0.25) is 0 Å². The number of phenols is 1. The van der Waals surface area contributed by atoms with E-state index in [-0.39, 0.29) is 5.41 Å². The van der Waals surface area contributed by atoms with E-state index in [9.17, 15) is 5.11 Å². The molecule has 1 aliphatic heterocycles. The van der Waals surface area contributed by atoms with Crippen molar-refractivity contribution in [2.45, 2.75) is 32.1 Å². The van der Waals surface area contributed by atoms with Gasteiger partial charge >= 0.3 is 0 Å². The molecule has 0 saturated heterocycles. The van der Waals surface area contributed by atoms with E-state index in [1.807, 2.05) is 12.1 Å². The maximum atomic E-state index is 9.48. The summed E-state index contributed by atoms with van der Waals surface area (Å²) in [5.41, 5.74) is 2.57. The third-order valence-corrected chi connectivity index (χ3v) is 3.03. The molecule has 0 aliphatic carbocycles. The Hall–Kier alpha value is -1.18. The molecule has 0 radical (unpaired) electrons. The molecule has 76 valence electrons. The topological polar surface area (TPSA) is 32.3 Å². The molecular weight excluding hydrogens is 174 g/mol. The van der Waals surface area contributed by atoms with Crippen LogP contribution in [-0.2, 0) is 5.41 Å². The lowest BCUT2D eigenvalue weighted by molar-refractivity contribution is 0.458. The van der Waals surface area contributed by atoms with Crippen LogP contribution in [0.15, 0.2) is 18.2 Å². The SMILES string of the molecule is CC1(C)CCCNc2ccc(O)cc21. The van der Waals surface area contributed by atoms with Crippen LogP contribution in [0, 0.1) is 0 Å². The fourth-order valence-corrected chi connectivity index (χ4v) is 2.13. The summed E-state index contributed by atoms with van der Waals surface area (Å²) in [6.07, 6.45) is 2.35. The van der Waals surface area contributed by atoms with Gasteiger partial charge in [0.1, 0.15) is 5.75 Å². The molecule has 0 bridgehead atoms. The first kappa shape index (κ1) is 9.38. The maximum Gasteiger partial charge on any atom is 0.116 e. The Bertz CT molecular complexity index is 344. The molecule has 0 unspecified atom stereocenters. The van der Waals surface area contributed by atoms with Crippen molar-refractivity contribution in [3.8, 4) is 5.75 Å². The molecule has 1 heterocycles. The van der Waals surface area contributed by atoms with Gasteiger partial charge in [0.15, 0.2) is 0 Å². The molecule has 14 heavy (non-hydrogen) atoms. The Kier molecular flexibility index (Phi) is 2.14. The van der Waals surface area contributed by atoms with Gasteiger partial charge in [0, 0.05) is 12.2 Å². The maximum absolute atomic E-state index is 9.48. The number of phenolic OH excluding ortho intramolecular Hbond substituents is 1. The van der Waals surface area contributed by atoms with Gasteiger partial charge in [-0.1, -0.05) is 13.8 Å². The zero-order chi connectivity index (χ0) is 10.2. The summed E-state index contributed by atoms with van der Waals surface area (Å²) in [7, 11) is 0. The highest BCUT2D eigenvalue weighted by molar-refractivity contribution is 5.57. The number of benzene rings is 1. The van der Waals surface area contributed by atoms with Gasteiger partial charge in [-0.2, -0.15) is 0 Å². The van der Waals surface area contributed by atoms with Crippen LogP contribution >= 0.6 is 0 Å². The zero-order valence-corrected chi connectivity index (χ0v) is 8.80. The summed E-state index contributed by atoms with van der Waals surface area (Å²) in [5.74, 6) is 0.362. The van der Waals surface area contributed by atoms with Crippen molar-refractivity contribution in [1.29, 1.82) is 0 Å². The lowest BCUT2D eigenvalue weighted by Gasteiger charge is -2.24. The highest BCUT2D eigenvalue weighted by atomic mass is 16.3. The molecule has 2 N–H and O–H groups in total.